The molecule has 2 aromatic rings. The Morgan fingerprint density at radius 2 is 1.79 bits per heavy atom. The van der Waals surface area contributed by atoms with Gasteiger partial charge in [0.05, 0.1) is 12.2 Å². The van der Waals surface area contributed by atoms with Crippen LogP contribution in [-0.2, 0) is 27.5 Å². The van der Waals surface area contributed by atoms with Crippen molar-refractivity contribution in [2.45, 2.75) is 64.9 Å². The predicted octanol–water partition coefficient (Wildman–Crippen LogP) is 2.92. The minimum Gasteiger partial charge on any atom is -0.376 e. The maximum atomic E-state index is 13.1. The first-order valence-corrected chi connectivity index (χ1v) is 10.1. The first-order valence-electron chi connectivity index (χ1n) is 10.1. The molecule has 0 spiro atoms. The molecule has 158 valence electrons. The van der Waals surface area contributed by atoms with E-state index in [-0.39, 0.29) is 24.4 Å². The zero-order chi connectivity index (χ0) is 21.0. The van der Waals surface area contributed by atoms with Gasteiger partial charge < -0.3 is 14.2 Å². The molecule has 7 heteroatoms. The summed E-state index contributed by atoms with van der Waals surface area (Å²) in [7, 11) is 1.63. The van der Waals surface area contributed by atoms with E-state index < -0.39 is 17.5 Å². The number of hydrogen-bond donors (Lipinski definition) is 0. The summed E-state index contributed by atoms with van der Waals surface area (Å²) >= 11 is 0. The van der Waals surface area contributed by atoms with Crippen molar-refractivity contribution >= 4 is 0 Å². The molecule has 1 aliphatic rings. The summed E-state index contributed by atoms with van der Waals surface area (Å²) in [5, 5.41) is 0. The lowest BCUT2D eigenvalue weighted by Gasteiger charge is -2.30. The normalized spacial score (nSPS) is 23.4. The second kappa shape index (κ2) is 9.07. The molecule has 1 saturated heterocycles. The third-order valence-electron chi connectivity index (χ3n) is 6.13. The predicted molar refractivity (Wildman–Crippen MR) is 110 cm³/mol. The second-order valence-electron chi connectivity index (χ2n) is 7.50. The van der Waals surface area contributed by atoms with Crippen LogP contribution in [0.4, 0.5) is 0 Å². The number of benzene rings is 1. The van der Waals surface area contributed by atoms with Gasteiger partial charge in [-0.05, 0) is 18.4 Å². The van der Waals surface area contributed by atoms with Crippen molar-refractivity contribution in [2.75, 3.05) is 7.11 Å². The fourth-order valence-electron chi connectivity index (χ4n) is 4.23. The van der Waals surface area contributed by atoms with Crippen molar-refractivity contribution in [3.05, 3.63) is 69.0 Å². The van der Waals surface area contributed by atoms with Crippen LogP contribution < -0.4 is 11.2 Å². The van der Waals surface area contributed by atoms with Crippen LogP contribution in [0.3, 0.4) is 0 Å². The summed E-state index contributed by atoms with van der Waals surface area (Å²) in [5.41, 5.74) is -0.264. The molecule has 0 aliphatic carbocycles. The summed E-state index contributed by atoms with van der Waals surface area (Å²) in [6.45, 7) is 6.44. The Hall–Kier alpha value is -2.22. The quantitative estimate of drug-likeness (QED) is 0.679. The van der Waals surface area contributed by atoms with Crippen molar-refractivity contribution in [3.63, 3.8) is 0 Å². The largest absolute Gasteiger partial charge is 0.376 e. The Labute approximate surface area is 170 Å². The number of aromatic nitrogens is 2. The third kappa shape index (κ3) is 4.08. The number of ether oxygens (including phenoxy) is 3. The van der Waals surface area contributed by atoms with Crippen molar-refractivity contribution in [3.8, 4) is 0 Å². The van der Waals surface area contributed by atoms with Gasteiger partial charge in [0, 0.05) is 25.3 Å². The summed E-state index contributed by atoms with van der Waals surface area (Å²) < 4.78 is 20.2. The summed E-state index contributed by atoms with van der Waals surface area (Å²) in [5.74, 6) is 0.106. The van der Waals surface area contributed by atoms with E-state index in [0.717, 1.165) is 23.0 Å². The second-order valence-corrected chi connectivity index (χ2v) is 7.50. The van der Waals surface area contributed by atoms with Crippen LogP contribution in [0.1, 0.15) is 45.4 Å². The molecule has 0 amide bonds. The smallest absolute Gasteiger partial charge is 0.335 e. The Balaban J connectivity index is 1.86. The Morgan fingerprint density at radius 3 is 2.41 bits per heavy atom. The molecule has 0 bridgehead atoms. The molecule has 0 radical (unpaired) electrons. The van der Waals surface area contributed by atoms with Gasteiger partial charge in [-0.15, -0.1) is 0 Å². The van der Waals surface area contributed by atoms with Crippen LogP contribution in [0.15, 0.2) is 52.2 Å². The van der Waals surface area contributed by atoms with Gasteiger partial charge in [-0.3, -0.25) is 9.36 Å². The van der Waals surface area contributed by atoms with Crippen molar-refractivity contribution in [2.24, 2.45) is 5.92 Å². The number of methoxy groups -OCH3 is 1. The molecule has 1 aromatic heterocycles. The van der Waals surface area contributed by atoms with E-state index in [1.165, 1.54) is 16.8 Å². The van der Waals surface area contributed by atoms with Crippen LogP contribution in [-0.4, -0.2) is 27.9 Å². The van der Waals surface area contributed by atoms with E-state index in [2.05, 4.69) is 20.8 Å². The number of nitrogens with zero attached hydrogens (tertiary/aromatic N) is 2. The Morgan fingerprint density at radius 1 is 1.10 bits per heavy atom. The fourth-order valence-corrected chi connectivity index (χ4v) is 4.23. The van der Waals surface area contributed by atoms with E-state index in [0.29, 0.717) is 6.61 Å². The van der Waals surface area contributed by atoms with Gasteiger partial charge in [-0.2, -0.15) is 0 Å². The van der Waals surface area contributed by atoms with Gasteiger partial charge in [-0.1, -0.05) is 51.1 Å². The Kier molecular flexibility index (Phi) is 6.72. The molecule has 1 fully saturated rings. The van der Waals surface area contributed by atoms with Gasteiger partial charge in [-0.25, -0.2) is 9.36 Å². The van der Waals surface area contributed by atoms with Crippen LogP contribution in [0.2, 0.25) is 0 Å². The highest BCUT2D eigenvalue weighted by Crippen LogP contribution is 2.46. The lowest BCUT2D eigenvalue weighted by Crippen LogP contribution is -2.43. The van der Waals surface area contributed by atoms with E-state index in [1.807, 2.05) is 30.3 Å². The molecule has 3 rings (SSSR count). The average Bonchev–Trinajstić information content (AvgIpc) is 3.03. The van der Waals surface area contributed by atoms with Crippen molar-refractivity contribution in [1.29, 1.82) is 0 Å². The zero-order valence-corrected chi connectivity index (χ0v) is 17.5. The maximum absolute atomic E-state index is 13.1. The molecule has 0 saturated carbocycles. The third-order valence-corrected chi connectivity index (χ3v) is 6.13. The molecule has 7 nitrogen and oxygen atoms in total. The van der Waals surface area contributed by atoms with Crippen molar-refractivity contribution < 1.29 is 14.2 Å². The fraction of sp³-hybridized carbons (Fsp3) is 0.545. The van der Waals surface area contributed by atoms with Gasteiger partial charge >= 0.3 is 5.69 Å². The van der Waals surface area contributed by atoms with Crippen LogP contribution in [0.25, 0.3) is 0 Å². The summed E-state index contributed by atoms with van der Waals surface area (Å²) in [4.78, 5) is 25.4. The summed E-state index contributed by atoms with van der Waals surface area (Å²) in [6, 6.07) is 11.0. The van der Waals surface area contributed by atoms with E-state index in [1.54, 1.807) is 7.11 Å². The molecule has 0 unspecified atom stereocenters. The van der Waals surface area contributed by atoms with Gasteiger partial charge in [0.25, 0.3) is 5.56 Å². The highest BCUT2D eigenvalue weighted by molar-refractivity contribution is 5.13. The maximum Gasteiger partial charge on any atom is 0.335 e. The standard InChI is InChI=1S/C22H30N2O5/c1-5-22(6-2)16(3)19(27-4)20(29-22)23-13-12-18(25)24(21(23)26)15-28-14-17-10-8-7-9-11-17/h7-13,16,19-20H,5-6,14-15H2,1-4H3/t16-,19+,20+/m0/s1. The molecule has 1 aromatic carbocycles. The van der Waals surface area contributed by atoms with Gasteiger partial charge in [0.1, 0.15) is 12.8 Å². The molecule has 29 heavy (non-hydrogen) atoms. The molecule has 2 heterocycles. The first kappa shape index (κ1) is 21.5. The summed E-state index contributed by atoms with van der Waals surface area (Å²) in [6.07, 6.45) is 2.24. The molecule has 3 atom stereocenters. The monoisotopic (exact) mass is 402 g/mol. The van der Waals surface area contributed by atoms with Gasteiger partial charge in [0.2, 0.25) is 0 Å². The lowest BCUT2D eigenvalue weighted by atomic mass is 9.83. The highest BCUT2D eigenvalue weighted by atomic mass is 16.6. The average molecular weight is 402 g/mol. The molecular formula is C22H30N2O5. The van der Waals surface area contributed by atoms with Crippen molar-refractivity contribution in [1.82, 2.24) is 9.13 Å². The lowest BCUT2D eigenvalue weighted by molar-refractivity contribution is -0.102. The number of rotatable bonds is 8. The van der Waals surface area contributed by atoms with Crippen LogP contribution in [0, 0.1) is 5.92 Å². The van der Waals surface area contributed by atoms with Crippen LogP contribution >= 0.6 is 0 Å². The number of hydrogen-bond acceptors (Lipinski definition) is 5. The van der Waals surface area contributed by atoms with E-state index >= 15 is 0 Å². The minimum absolute atomic E-state index is 0.106. The Bertz CT molecular complexity index is 917. The SMILES string of the molecule is CCC1(CC)O[C@@H](n2ccc(=O)n(COCc3ccccc3)c2=O)[C@H](OC)[C@@H]1C. The van der Waals surface area contributed by atoms with Gasteiger partial charge in [0.15, 0.2) is 6.23 Å². The molecular weight excluding hydrogens is 372 g/mol. The topological polar surface area (TPSA) is 71.7 Å². The minimum atomic E-state index is -0.594. The highest BCUT2D eigenvalue weighted by Gasteiger charge is 2.52. The molecule has 0 N–H and O–H groups in total. The van der Waals surface area contributed by atoms with E-state index in [4.69, 9.17) is 14.2 Å². The van der Waals surface area contributed by atoms with E-state index in [9.17, 15) is 9.59 Å². The molecule has 1 aliphatic heterocycles. The zero-order valence-electron chi connectivity index (χ0n) is 17.5. The first-order chi connectivity index (χ1) is 14.0. The van der Waals surface area contributed by atoms with Crippen LogP contribution in [0.5, 0.6) is 0 Å².